The molecule has 12 heavy (non-hydrogen) atoms. The van der Waals surface area contributed by atoms with Crippen LogP contribution >= 0.6 is 12.6 Å². The first kappa shape index (κ1) is 11.9. The lowest BCUT2D eigenvalue weighted by Crippen LogP contribution is -1.75. The first-order valence-electron chi connectivity index (χ1n) is 4.98. The van der Waals surface area contributed by atoms with Crippen LogP contribution in [0.2, 0.25) is 0 Å². The van der Waals surface area contributed by atoms with Crippen molar-refractivity contribution in [3.8, 4) is 11.8 Å². The van der Waals surface area contributed by atoms with Crippen molar-refractivity contribution >= 4 is 12.6 Å². The van der Waals surface area contributed by atoms with Gasteiger partial charge in [-0.05, 0) is 25.0 Å². The molecule has 0 amide bonds. The van der Waals surface area contributed by atoms with Gasteiger partial charge in [-0.2, -0.15) is 12.6 Å². The summed E-state index contributed by atoms with van der Waals surface area (Å²) in [6, 6.07) is 0. The molecule has 0 rings (SSSR count). The van der Waals surface area contributed by atoms with Crippen molar-refractivity contribution in [3.05, 3.63) is 0 Å². The Kier molecular flexibility index (Phi) is 10.8. The van der Waals surface area contributed by atoms with Crippen LogP contribution < -0.4 is 0 Å². The van der Waals surface area contributed by atoms with E-state index in [1.54, 1.807) is 0 Å². The zero-order chi connectivity index (χ0) is 9.07. The molecule has 0 aliphatic rings. The second kappa shape index (κ2) is 10.9. The molecular weight excluding hydrogens is 164 g/mol. The molecule has 0 radical (unpaired) electrons. The van der Waals surface area contributed by atoms with Gasteiger partial charge < -0.3 is 0 Å². The third-order valence-electron chi connectivity index (χ3n) is 1.74. The first-order chi connectivity index (χ1) is 5.91. The number of thiol groups is 1. The summed E-state index contributed by atoms with van der Waals surface area (Å²) in [5.74, 6) is 7.40. The summed E-state index contributed by atoms with van der Waals surface area (Å²) in [7, 11) is 0. The lowest BCUT2D eigenvalue weighted by Gasteiger charge is -1.89. The molecule has 0 atom stereocenters. The number of rotatable bonds is 6. The summed E-state index contributed by atoms with van der Waals surface area (Å²) in [6.45, 7) is 2.22. The van der Waals surface area contributed by atoms with Gasteiger partial charge in [0, 0.05) is 12.8 Å². The third-order valence-corrected chi connectivity index (χ3v) is 2.06. The fraction of sp³-hybridized carbons (Fsp3) is 0.818. The van der Waals surface area contributed by atoms with Crippen LogP contribution in [0, 0.1) is 11.8 Å². The Morgan fingerprint density at radius 3 is 2.00 bits per heavy atom. The van der Waals surface area contributed by atoms with E-state index in [1.165, 1.54) is 32.1 Å². The molecule has 0 aromatic heterocycles. The zero-order valence-corrected chi connectivity index (χ0v) is 9.00. The molecule has 0 aromatic carbocycles. The van der Waals surface area contributed by atoms with Crippen molar-refractivity contribution in [3.63, 3.8) is 0 Å². The van der Waals surface area contributed by atoms with E-state index in [1.807, 2.05) is 0 Å². The summed E-state index contributed by atoms with van der Waals surface area (Å²) in [5, 5.41) is 0. The molecule has 0 N–H and O–H groups in total. The van der Waals surface area contributed by atoms with E-state index >= 15 is 0 Å². The maximum absolute atomic E-state index is 4.14. The van der Waals surface area contributed by atoms with Crippen LogP contribution in [0.25, 0.3) is 0 Å². The van der Waals surface area contributed by atoms with Gasteiger partial charge in [-0.3, -0.25) is 0 Å². The lowest BCUT2D eigenvalue weighted by molar-refractivity contribution is 0.736. The van der Waals surface area contributed by atoms with Crippen LogP contribution in [0.4, 0.5) is 0 Å². The Balaban J connectivity index is 3.01. The maximum atomic E-state index is 4.14. The summed E-state index contributed by atoms with van der Waals surface area (Å²) in [5.41, 5.74) is 0. The molecule has 0 fully saturated rings. The Morgan fingerprint density at radius 2 is 1.50 bits per heavy atom. The minimum Gasteiger partial charge on any atom is -0.179 e. The number of hydrogen-bond acceptors (Lipinski definition) is 1. The Bertz CT molecular complexity index is 116. The van der Waals surface area contributed by atoms with E-state index in [4.69, 9.17) is 0 Å². The van der Waals surface area contributed by atoms with Gasteiger partial charge in [0.1, 0.15) is 0 Å². The van der Waals surface area contributed by atoms with Crippen LogP contribution in [0.5, 0.6) is 0 Å². The van der Waals surface area contributed by atoms with Crippen LogP contribution in [-0.4, -0.2) is 5.75 Å². The summed E-state index contributed by atoms with van der Waals surface area (Å²) >= 11 is 4.14. The van der Waals surface area contributed by atoms with Crippen molar-refractivity contribution in [2.24, 2.45) is 0 Å². The van der Waals surface area contributed by atoms with Crippen molar-refractivity contribution in [2.45, 2.75) is 51.9 Å². The van der Waals surface area contributed by atoms with E-state index in [0.29, 0.717) is 0 Å². The van der Waals surface area contributed by atoms with Gasteiger partial charge in [0.2, 0.25) is 0 Å². The van der Waals surface area contributed by atoms with E-state index in [9.17, 15) is 0 Å². The molecular formula is C11H20S. The maximum Gasteiger partial charge on any atom is 0.00889 e. The predicted octanol–water partition coefficient (Wildman–Crippen LogP) is 3.67. The highest BCUT2D eigenvalue weighted by Crippen LogP contribution is 1.98. The van der Waals surface area contributed by atoms with E-state index < -0.39 is 0 Å². The topological polar surface area (TPSA) is 0 Å². The van der Waals surface area contributed by atoms with Crippen molar-refractivity contribution in [1.29, 1.82) is 0 Å². The SMILES string of the molecule is CCCCCC#CCCCCS. The molecule has 0 aromatic rings. The van der Waals surface area contributed by atoms with Crippen LogP contribution in [0.15, 0.2) is 0 Å². The molecule has 0 unspecified atom stereocenters. The van der Waals surface area contributed by atoms with Crippen LogP contribution in [0.1, 0.15) is 51.9 Å². The van der Waals surface area contributed by atoms with Gasteiger partial charge in [0.25, 0.3) is 0 Å². The quantitative estimate of drug-likeness (QED) is 0.363. The smallest absolute Gasteiger partial charge is 0.00889 e. The Hall–Kier alpha value is -0.0900. The van der Waals surface area contributed by atoms with Gasteiger partial charge in [0.15, 0.2) is 0 Å². The predicted molar refractivity (Wildman–Crippen MR) is 59.6 cm³/mol. The average Bonchev–Trinajstić information content (AvgIpc) is 2.10. The third kappa shape index (κ3) is 9.91. The standard InChI is InChI=1S/C11H20S/c1-2-3-4-5-6-7-8-9-10-11-12/h12H,2-5,8-11H2,1H3. The first-order valence-corrected chi connectivity index (χ1v) is 5.61. The number of hydrogen-bond donors (Lipinski definition) is 1. The minimum absolute atomic E-state index is 0.998. The molecule has 0 saturated carbocycles. The molecule has 0 aliphatic carbocycles. The zero-order valence-electron chi connectivity index (χ0n) is 8.10. The highest BCUT2D eigenvalue weighted by molar-refractivity contribution is 7.80. The van der Waals surface area contributed by atoms with Gasteiger partial charge in [-0.1, -0.05) is 19.8 Å². The molecule has 0 heterocycles. The van der Waals surface area contributed by atoms with E-state index in [-0.39, 0.29) is 0 Å². The molecule has 0 nitrogen and oxygen atoms in total. The van der Waals surface area contributed by atoms with E-state index in [0.717, 1.165) is 18.6 Å². The van der Waals surface area contributed by atoms with E-state index in [2.05, 4.69) is 31.4 Å². The van der Waals surface area contributed by atoms with Gasteiger partial charge in [0.05, 0.1) is 0 Å². The molecule has 0 saturated heterocycles. The molecule has 1 heteroatoms. The molecule has 0 bridgehead atoms. The normalized spacial score (nSPS) is 9.17. The second-order valence-electron chi connectivity index (χ2n) is 2.99. The largest absolute Gasteiger partial charge is 0.179 e. The van der Waals surface area contributed by atoms with Crippen LogP contribution in [0.3, 0.4) is 0 Å². The van der Waals surface area contributed by atoms with Crippen molar-refractivity contribution in [1.82, 2.24) is 0 Å². The van der Waals surface area contributed by atoms with Crippen molar-refractivity contribution < 1.29 is 0 Å². The minimum atomic E-state index is 0.998. The van der Waals surface area contributed by atoms with Gasteiger partial charge in [-0.15, -0.1) is 11.8 Å². The molecule has 0 spiro atoms. The Labute approximate surface area is 82.5 Å². The van der Waals surface area contributed by atoms with Gasteiger partial charge >= 0.3 is 0 Å². The summed E-state index contributed by atoms with van der Waals surface area (Å²) in [4.78, 5) is 0. The summed E-state index contributed by atoms with van der Waals surface area (Å²) < 4.78 is 0. The highest BCUT2D eigenvalue weighted by atomic mass is 32.1. The monoisotopic (exact) mass is 184 g/mol. The number of unbranched alkanes of at least 4 members (excludes halogenated alkanes) is 5. The molecule has 70 valence electrons. The second-order valence-corrected chi connectivity index (χ2v) is 3.44. The Morgan fingerprint density at radius 1 is 0.917 bits per heavy atom. The summed E-state index contributed by atoms with van der Waals surface area (Å²) in [6.07, 6.45) is 8.46. The van der Waals surface area contributed by atoms with Crippen molar-refractivity contribution in [2.75, 3.05) is 5.75 Å². The van der Waals surface area contributed by atoms with Crippen LogP contribution in [-0.2, 0) is 0 Å². The fourth-order valence-corrected chi connectivity index (χ4v) is 1.19. The lowest BCUT2D eigenvalue weighted by atomic mass is 10.2. The fourth-order valence-electron chi connectivity index (χ4n) is 0.965. The highest BCUT2D eigenvalue weighted by Gasteiger charge is 1.82. The average molecular weight is 184 g/mol. The van der Waals surface area contributed by atoms with Gasteiger partial charge in [-0.25, -0.2) is 0 Å². The molecule has 0 aliphatic heterocycles.